The summed E-state index contributed by atoms with van der Waals surface area (Å²) >= 11 is 1.04. The van der Waals surface area contributed by atoms with Crippen molar-refractivity contribution in [3.05, 3.63) is 81.5 Å². The second-order valence-corrected chi connectivity index (χ2v) is 7.36. The van der Waals surface area contributed by atoms with Gasteiger partial charge in [0.15, 0.2) is 0 Å². The number of H-pyrrole nitrogens is 1. The molecule has 0 spiro atoms. The lowest BCUT2D eigenvalue weighted by molar-refractivity contribution is -0.113. The van der Waals surface area contributed by atoms with Crippen LogP contribution in [0.5, 0.6) is 5.75 Å². The van der Waals surface area contributed by atoms with Gasteiger partial charge in [0.1, 0.15) is 11.6 Å². The molecule has 2 heterocycles. The molecule has 162 valence electrons. The van der Waals surface area contributed by atoms with Gasteiger partial charge in [0, 0.05) is 11.6 Å². The first-order chi connectivity index (χ1) is 15.5. The molecule has 0 radical (unpaired) electrons. The van der Waals surface area contributed by atoms with Crippen LogP contribution in [0.25, 0.3) is 17.1 Å². The summed E-state index contributed by atoms with van der Waals surface area (Å²) in [6, 6.07) is 17.0. The minimum atomic E-state index is -0.685. The van der Waals surface area contributed by atoms with Gasteiger partial charge >= 0.3 is 5.69 Å². The van der Waals surface area contributed by atoms with E-state index in [1.54, 1.807) is 24.3 Å². The predicted octanol–water partition coefficient (Wildman–Crippen LogP) is 2.32. The normalized spacial score (nSPS) is 10.7. The number of thioether (sulfide) groups is 1. The van der Waals surface area contributed by atoms with Gasteiger partial charge in [-0.15, -0.1) is 10.2 Å². The van der Waals surface area contributed by atoms with E-state index in [0.717, 1.165) is 23.4 Å². The lowest BCUT2D eigenvalue weighted by Crippen LogP contribution is -2.32. The Morgan fingerprint density at radius 3 is 2.59 bits per heavy atom. The van der Waals surface area contributed by atoms with E-state index in [1.807, 2.05) is 30.3 Å². The zero-order valence-corrected chi connectivity index (χ0v) is 17.6. The molecule has 32 heavy (non-hydrogen) atoms. The number of anilines is 1. The number of aromatic amines is 1. The maximum Gasteiger partial charge on any atom is 0.334 e. The standard InChI is InChI=1S/C21H17N5O5S/c1-30-15-9-7-14(8-10-15)26-16(11-17(27)23-20(26)29)22-18(28)12-32-21-25-24-19(31-21)13-5-3-2-4-6-13/h2-11H,12H2,1H3,(H,22,28)(H,23,27,29). The average Bonchev–Trinajstić information content (AvgIpc) is 3.27. The summed E-state index contributed by atoms with van der Waals surface area (Å²) in [5.74, 6) is 0.450. The highest BCUT2D eigenvalue weighted by atomic mass is 32.2. The van der Waals surface area contributed by atoms with Gasteiger partial charge in [-0.05, 0) is 36.4 Å². The molecule has 10 nitrogen and oxygen atoms in total. The number of aromatic nitrogens is 4. The van der Waals surface area contributed by atoms with Crippen molar-refractivity contribution in [2.24, 2.45) is 0 Å². The van der Waals surface area contributed by atoms with Crippen LogP contribution in [0.4, 0.5) is 5.82 Å². The number of nitrogens with zero attached hydrogens (tertiary/aromatic N) is 3. The molecule has 0 saturated carbocycles. The highest BCUT2D eigenvalue weighted by Gasteiger charge is 2.14. The summed E-state index contributed by atoms with van der Waals surface area (Å²) in [5, 5.41) is 10.7. The van der Waals surface area contributed by atoms with Crippen molar-refractivity contribution in [1.29, 1.82) is 0 Å². The van der Waals surface area contributed by atoms with Crippen molar-refractivity contribution in [3.63, 3.8) is 0 Å². The molecule has 0 fully saturated rings. The molecule has 4 rings (SSSR count). The van der Waals surface area contributed by atoms with E-state index in [0.29, 0.717) is 17.3 Å². The SMILES string of the molecule is COc1ccc(-n2c(NC(=O)CSc3nnc(-c4ccccc4)o3)cc(=O)[nH]c2=O)cc1. The molecule has 0 aliphatic heterocycles. The molecule has 0 bridgehead atoms. The van der Waals surface area contributed by atoms with Crippen LogP contribution in [0.15, 0.2) is 79.9 Å². The fourth-order valence-corrected chi connectivity index (χ4v) is 3.41. The van der Waals surface area contributed by atoms with E-state index in [4.69, 9.17) is 9.15 Å². The van der Waals surface area contributed by atoms with Crippen molar-refractivity contribution in [2.45, 2.75) is 5.22 Å². The highest BCUT2D eigenvalue weighted by molar-refractivity contribution is 7.99. The number of carbonyl (C=O) groups excluding carboxylic acids is 1. The Labute approximate surface area is 185 Å². The molecule has 2 aromatic carbocycles. The summed E-state index contributed by atoms with van der Waals surface area (Å²) in [4.78, 5) is 38.9. The van der Waals surface area contributed by atoms with Crippen molar-refractivity contribution in [2.75, 3.05) is 18.2 Å². The zero-order chi connectivity index (χ0) is 22.5. The van der Waals surface area contributed by atoms with Crippen LogP contribution >= 0.6 is 11.8 Å². The third kappa shape index (κ3) is 4.78. The molecule has 0 aliphatic rings. The van der Waals surface area contributed by atoms with Crippen molar-refractivity contribution < 1.29 is 13.9 Å². The predicted molar refractivity (Wildman–Crippen MR) is 118 cm³/mol. The van der Waals surface area contributed by atoms with Crippen LogP contribution in [0.3, 0.4) is 0 Å². The van der Waals surface area contributed by atoms with Crippen molar-refractivity contribution >= 4 is 23.5 Å². The molecule has 4 aromatic rings. The van der Waals surface area contributed by atoms with Gasteiger partial charge in [-0.3, -0.25) is 14.6 Å². The second kappa shape index (κ2) is 9.35. The number of ether oxygens (including phenoxy) is 1. The molecule has 0 aliphatic carbocycles. The first-order valence-electron chi connectivity index (χ1n) is 9.36. The Kier molecular flexibility index (Phi) is 6.17. The number of amides is 1. The number of carbonyl (C=O) groups is 1. The lowest BCUT2D eigenvalue weighted by Gasteiger charge is -2.13. The Hall–Kier alpha value is -4.12. The van der Waals surface area contributed by atoms with Crippen LogP contribution in [0.1, 0.15) is 0 Å². The fourth-order valence-electron chi connectivity index (χ4n) is 2.85. The Bertz CT molecular complexity index is 1350. The van der Waals surface area contributed by atoms with E-state index in [-0.39, 0.29) is 16.8 Å². The average molecular weight is 451 g/mol. The molecule has 0 unspecified atom stereocenters. The van der Waals surface area contributed by atoms with Crippen LogP contribution < -0.4 is 21.3 Å². The molecule has 2 N–H and O–H groups in total. The monoisotopic (exact) mass is 451 g/mol. The molecule has 11 heteroatoms. The molecular formula is C21H17N5O5S. The number of hydrogen-bond acceptors (Lipinski definition) is 8. The van der Waals surface area contributed by atoms with Crippen molar-refractivity contribution in [1.82, 2.24) is 19.7 Å². The van der Waals surface area contributed by atoms with Gasteiger partial charge in [0.05, 0.1) is 18.6 Å². The van der Waals surface area contributed by atoms with Gasteiger partial charge in [-0.2, -0.15) is 0 Å². The molecule has 1 amide bonds. The van der Waals surface area contributed by atoms with Crippen molar-refractivity contribution in [3.8, 4) is 22.9 Å². The summed E-state index contributed by atoms with van der Waals surface area (Å²) < 4.78 is 11.9. The minimum Gasteiger partial charge on any atom is -0.497 e. The summed E-state index contributed by atoms with van der Waals surface area (Å²) in [5.41, 5.74) is -0.107. The van der Waals surface area contributed by atoms with E-state index >= 15 is 0 Å². The van der Waals surface area contributed by atoms with Crippen LogP contribution in [0.2, 0.25) is 0 Å². The maximum atomic E-state index is 12.5. The summed E-state index contributed by atoms with van der Waals surface area (Å²) in [6.45, 7) is 0. The highest BCUT2D eigenvalue weighted by Crippen LogP contribution is 2.23. The number of benzene rings is 2. The molecular weight excluding hydrogens is 434 g/mol. The Balaban J connectivity index is 1.49. The van der Waals surface area contributed by atoms with Gasteiger partial charge in [-0.25, -0.2) is 9.36 Å². The first-order valence-corrected chi connectivity index (χ1v) is 10.3. The third-order valence-corrected chi connectivity index (χ3v) is 5.11. The third-order valence-electron chi connectivity index (χ3n) is 4.29. The van der Waals surface area contributed by atoms with Crippen LogP contribution in [-0.4, -0.2) is 38.5 Å². The molecule has 0 saturated heterocycles. The molecule has 0 atom stereocenters. The quantitative estimate of drug-likeness (QED) is 0.409. The van der Waals surface area contributed by atoms with Crippen LogP contribution in [0, 0.1) is 0 Å². The van der Waals surface area contributed by atoms with E-state index in [9.17, 15) is 14.4 Å². The smallest absolute Gasteiger partial charge is 0.334 e. The Morgan fingerprint density at radius 2 is 1.88 bits per heavy atom. The maximum absolute atomic E-state index is 12.5. The number of rotatable bonds is 7. The minimum absolute atomic E-state index is 0.0324. The topological polar surface area (TPSA) is 132 Å². The Morgan fingerprint density at radius 1 is 1.12 bits per heavy atom. The fraction of sp³-hybridized carbons (Fsp3) is 0.0952. The first kappa shape index (κ1) is 21.1. The van der Waals surface area contributed by atoms with Crippen LogP contribution in [-0.2, 0) is 4.79 Å². The number of hydrogen-bond donors (Lipinski definition) is 2. The summed E-state index contributed by atoms with van der Waals surface area (Å²) in [7, 11) is 1.52. The number of nitrogens with one attached hydrogen (secondary N) is 2. The lowest BCUT2D eigenvalue weighted by atomic mass is 10.2. The molecule has 2 aromatic heterocycles. The largest absolute Gasteiger partial charge is 0.497 e. The summed E-state index contributed by atoms with van der Waals surface area (Å²) in [6.07, 6.45) is 0. The van der Waals surface area contributed by atoms with Gasteiger partial charge < -0.3 is 14.5 Å². The van der Waals surface area contributed by atoms with Gasteiger partial charge in [0.25, 0.3) is 10.8 Å². The zero-order valence-electron chi connectivity index (χ0n) is 16.8. The van der Waals surface area contributed by atoms with E-state index in [2.05, 4.69) is 20.5 Å². The van der Waals surface area contributed by atoms with Gasteiger partial charge in [0.2, 0.25) is 11.8 Å². The number of methoxy groups -OCH3 is 1. The van der Waals surface area contributed by atoms with E-state index in [1.165, 1.54) is 11.7 Å². The van der Waals surface area contributed by atoms with Gasteiger partial charge in [-0.1, -0.05) is 30.0 Å². The van der Waals surface area contributed by atoms with E-state index < -0.39 is 17.2 Å². The second-order valence-electron chi connectivity index (χ2n) is 6.43.